The Morgan fingerprint density at radius 3 is 2.96 bits per heavy atom. The van der Waals surface area contributed by atoms with Gasteiger partial charge >= 0.3 is 0 Å². The van der Waals surface area contributed by atoms with Crippen molar-refractivity contribution in [1.29, 1.82) is 0 Å². The van der Waals surface area contributed by atoms with Crippen molar-refractivity contribution in [2.75, 3.05) is 26.2 Å². The van der Waals surface area contributed by atoms with E-state index in [1.165, 1.54) is 11.3 Å². The highest BCUT2D eigenvalue weighted by Gasteiger charge is 2.49. The number of carbonyl (C=O) groups is 2. The molecule has 0 bridgehead atoms. The van der Waals surface area contributed by atoms with E-state index in [4.69, 9.17) is 4.74 Å². The van der Waals surface area contributed by atoms with E-state index in [1.54, 1.807) is 0 Å². The van der Waals surface area contributed by atoms with Crippen LogP contribution >= 0.6 is 11.3 Å². The SMILES string of the molecule is CC1CC1C(=O)N1C[C@@H]2[C@H](CNC(=O)c3ccsc3)CO[C@@H]2C1. The van der Waals surface area contributed by atoms with E-state index in [-0.39, 0.29) is 17.9 Å². The number of amides is 2. The molecule has 124 valence electrons. The molecule has 1 aliphatic carbocycles. The minimum absolute atomic E-state index is 0.0209. The maximum atomic E-state index is 12.4. The van der Waals surface area contributed by atoms with E-state index in [9.17, 15) is 9.59 Å². The third kappa shape index (κ3) is 2.90. The average Bonchev–Trinajstić information content (AvgIpc) is 2.99. The molecule has 5 nitrogen and oxygen atoms in total. The van der Waals surface area contributed by atoms with Crippen molar-refractivity contribution in [3.63, 3.8) is 0 Å². The molecule has 2 unspecified atom stereocenters. The molecule has 2 amide bonds. The van der Waals surface area contributed by atoms with Gasteiger partial charge in [0.2, 0.25) is 5.91 Å². The van der Waals surface area contributed by atoms with E-state index >= 15 is 0 Å². The highest BCUT2D eigenvalue weighted by molar-refractivity contribution is 7.08. The van der Waals surface area contributed by atoms with Crippen LogP contribution in [0.2, 0.25) is 0 Å². The zero-order valence-electron chi connectivity index (χ0n) is 13.2. The van der Waals surface area contributed by atoms with Gasteiger partial charge in [0.05, 0.1) is 12.7 Å². The smallest absolute Gasteiger partial charge is 0.252 e. The van der Waals surface area contributed by atoms with Gasteiger partial charge in [0.25, 0.3) is 5.91 Å². The Hall–Kier alpha value is -1.40. The number of hydrogen-bond donors (Lipinski definition) is 1. The molecule has 1 aromatic rings. The molecule has 3 fully saturated rings. The third-order valence-corrected chi connectivity index (χ3v) is 6.17. The molecule has 5 atom stereocenters. The zero-order chi connectivity index (χ0) is 16.0. The molecule has 1 N–H and O–H groups in total. The van der Waals surface area contributed by atoms with E-state index in [0.29, 0.717) is 36.8 Å². The lowest BCUT2D eigenvalue weighted by Crippen LogP contribution is -2.35. The van der Waals surface area contributed by atoms with E-state index in [0.717, 1.165) is 25.1 Å². The number of thiophene rings is 1. The van der Waals surface area contributed by atoms with Crippen LogP contribution in [0.5, 0.6) is 0 Å². The Balaban J connectivity index is 1.31. The van der Waals surface area contributed by atoms with Crippen molar-refractivity contribution < 1.29 is 14.3 Å². The highest BCUT2D eigenvalue weighted by Crippen LogP contribution is 2.41. The number of nitrogens with zero attached hydrogens (tertiary/aromatic N) is 1. The Kier molecular flexibility index (Phi) is 3.89. The van der Waals surface area contributed by atoms with Crippen molar-refractivity contribution in [2.24, 2.45) is 23.7 Å². The zero-order valence-corrected chi connectivity index (χ0v) is 14.1. The molecule has 2 aliphatic heterocycles. The predicted molar refractivity (Wildman–Crippen MR) is 87.2 cm³/mol. The second-order valence-corrected chi connectivity index (χ2v) is 7.86. The third-order valence-electron chi connectivity index (χ3n) is 5.49. The number of likely N-dealkylation sites (tertiary alicyclic amines) is 1. The molecule has 1 aromatic heterocycles. The van der Waals surface area contributed by atoms with Crippen molar-refractivity contribution >= 4 is 23.2 Å². The molecular formula is C17H22N2O3S. The Morgan fingerprint density at radius 1 is 1.43 bits per heavy atom. The van der Waals surface area contributed by atoms with Gasteiger partial charge in [-0.15, -0.1) is 0 Å². The quantitative estimate of drug-likeness (QED) is 0.910. The van der Waals surface area contributed by atoms with Crippen LogP contribution in [0.1, 0.15) is 23.7 Å². The number of ether oxygens (including phenoxy) is 1. The molecule has 0 radical (unpaired) electrons. The second-order valence-electron chi connectivity index (χ2n) is 7.08. The molecule has 0 spiro atoms. The van der Waals surface area contributed by atoms with Gasteiger partial charge in [-0.25, -0.2) is 0 Å². The fourth-order valence-electron chi connectivity index (χ4n) is 3.81. The van der Waals surface area contributed by atoms with Crippen LogP contribution in [0.25, 0.3) is 0 Å². The summed E-state index contributed by atoms with van der Waals surface area (Å²) in [7, 11) is 0. The number of rotatable bonds is 4. The molecule has 3 heterocycles. The Bertz CT molecular complexity index is 603. The Labute approximate surface area is 140 Å². The minimum Gasteiger partial charge on any atom is -0.376 e. The fraction of sp³-hybridized carbons (Fsp3) is 0.647. The number of carbonyl (C=O) groups excluding carboxylic acids is 2. The van der Waals surface area contributed by atoms with Gasteiger partial charge in [-0.05, 0) is 23.8 Å². The molecule has 6 heteroatoms. The van der Waals surface area contributed by atoms with Crippen LogP contribution in [-0.4, -0.2) is 49.1 Å². The molecule has 3 aliphatic rings. The van der Waals surface area contributed by atoms with Crippen LogP contribution in [-0.2, 0) is 9.53 Å². The van der Waals surface area contributed by atoms with Gasteiger partial charge in [-0.2, -0.15) is 11.3 Å². The van der Waals surface area contributed by atoms with Crippen LogP contribution in [0.4, 0.5) is 0 Å². The maximum Gasteiger partial charge on any atom is 0.252 e. The summed E-state index contributed by atoms with van der Waals surface area (Å²) >= 11 is 1.52. The van der Waals surface area contributed by atoms with Crippen LogP contribution in [0.15, 0.2) is 16.8 Å². The number of fused-ring (bicyclic) bond motifs is 1. The van der Waals surface area contributed by atoms with Gasteiger partial charge in [-0.3, -0.25) is 9.59 Å². The van der Waals surface area contributed by atoms with Gasteiger partial charge in [0.15, 0.2) is 0 Å². The van der Waals surface area contributed by atoms with E-state index < -0.39 is 0 Å². The lowest BCUT2D eigenvalue weighted by atomic mass is 9.93. The fourth-order valence-corrected chi connectivity index (χ4v) is 4.45. The van der Waals surface area contributed by atoms with Gasteiger partial charge in [0, 0.05) is 48.3 Å². The van der Waals surface area contributed by atoms with Crippen LogP contribution < -0.4 is 5.32 Å². The monoisotopic (exact) mass is 334 g/mol. The van der Waals surface area contributed by atoms with Crippen molar-refractivity contribution in [3.05, 3.63) is 22.4 Å². The molecule has 2 saturated heterocycles. The summed E-state index contributed by atoms with van der Waals surface area (Å²) in [6, 6.07) is 1.83. The molecule has 0 aromatic carbocycles. The first-order chi connectivity index (χ1) is 11.1. The summed E-state index contributed by atoms with van der Waals surface area (Å²) in [5, 5.41) is 6.77. The van der Waals surface area contributed by atoms with Gasteiger partial charge in [0.1, 0.15) is 0 Å². The van der Waals surface area contributed by atoms with Gasteiger partial charge < -0.3 is 15.0 Å². The highest BCUT2D eigenvalue weighted by atomic mass is 32.1. The molecule has 1 saturated carbocycles. The summed E-state index contributed by atoms with van der Waals surface area (Å²) < 4.78 is 5.88. The summed E-state index contributed by atoms with van der Waals surface area (Å²) in [5.41, 5.74) is 0.719. The minimum atomic E-state index is -0.0209. The summed E-state index contributed by atoms with van der Waals surface area (Å²) in [5.74, 6) is 1.73. The second kappa shape index (κ2) is 5.91. The number of nitrogens with one attached hydrogen (secondary N) is 1. The van der Waals surface area contributed by atoms with Crippen molar-refractivity contribution in [2.45, 2.75) is 19.4 Å². The number of hydrogen-bond acceptors (Lipinski definition) is 4. The van der Waals surface area contributed by atoms with Gasteiger partial charge in [-0.1, -0.05) is 6.92 Å². The van der Waals surface area contributed by atoms with Crippen LogP contribution in [0.3, 0.4) is 0 Å². The normalized spacial score (nSPS) is 35.2. The first kappa shape index (κ1) is 15.1. The first-order valence-electron chi connectivity index (χ1n) is 8.34. The summed E-state index contributed by atoms with van der Waals surface area (Å²) in [4.78, 5) is 26.4. The summed E-state index contributed by atoms with van der Waals surface area (Å²) in [6.45, 7) is 4.95. The lowest BCUT2D eigenvalue weighted by molar-refractivity contribution is -0.132. The maximum absolute atomic E-state index is 12.4. The van der Waals surface area contributed by atoms with Crippen molar-refractivity contribution in [3.8, 4) is 0 Å². The van der Waals surface area contributed by atoms with E-state index in [2.05, 4.69) is 12.2 Å². The van der Waals surface area contributed by atoms with Crippen LogP contribution in [0, 0.1) is 23.7 Å². The summed E-state index contributed by atoms with van der Waals surface area (Å²) in [6.07, 6.45) is 1.18. The molecule has 23 heavy (non-hydrogen) atoms. The average molecular weight is 334 g/mol. The topological polar surface area (TPSA) is 58.6 Å². The van der Waals surface area contributed by atoms with Crippen molar-refractivity contribution in [1.82, 2.24) is 10.2 Å². The molecule has 4 rings (SSSR count). The standard InChI is InChI=1S/C17H22N2O3S/c1-10-4-13(10)17(21)19-6-14-12(8-22-15(14)7-19)5-18-16(20)11-2-3-23-9-11/h2-3,9-10,12-15H,4-8H2,1H3,(H,18,20)/t10?,12-,13?,14-,15-/m1/s1. The van der Waals surface area contributed by atoms with E-state index in [1.807, 2.05) is 21.7 Å². The Morgan fingerprint density at radius 2 is 2.26 bits per heavy atom. The lowest BCUT2D eigenvalue weighted by Gasteiger charge is -2.20. The first-order valence-corrected chi connectivity index (χ1v) is 9.28. The molecular weight excluding hydrogens is 312 g/mol. The predicted octanol–water partition coefficient (Wildman–Crippen LogP) is 1.61. The largest absolute Gasteiger partial charge is 0.376 e.